The Balaban J connectivity index is 3.39. The van der Waals surface area contributed by atoms with Crippen LogP contribution < -0.4 is 5.32 Å². The zero-order valence-corrected chi connectivity index (χ0v) is 6.29. The zero-order chi connectivity index (χ0) is 8.53. The fourth-order valence-corrected chi connectivity index (χ4v) is 0.446. The zero-order valence-electron chi connectivity index (χ0n) is 6.29. The summed E-state index contributed by atoms with van der Waals surface area (Å²) in [6.07, 6.45) is 4.22. The molecule has 0 rings (SSSR count). The third-order valence-electron chi connectivity index (χ3n) is 0.833. The van der Waals surface area contributed by atoms with E-state index >= 15 is 0 Å². The van der Waals surface area contributed by atoms with Crippen molar-refractivity contribution in [1.29, 1.82) is 0 Å². The Bertz CT molecular complexity index is 154. The molecule has 0 aromatic carbocycles. The van der Waals surface area contributed by atoms with Gasteiger partial charge in [-0.05, 0) is 6.92 Å². The van der Waals surface area contributed by atoms with Crippen LogP contribution in [0.15, 0.2) is 12.2 Å². The molecule has 0 aliphatic carbocycles. The van der Waals surface area contributed by atoms with Gasteiger partial charge < -0.3 is 10.1 Å². The predicted molar refractivity (Wildman–Crippen MR) is 39.5 cm³/mol. The maximum absolute atomic E-state index is 10.6. The van der Waals surface area contributed by atoms with Crippen LogP contribution in [0, 0.1) is 0 Å². The molecule has 0 bridgehead atoms. The van der Waals surface area contributed by atoms with Crippen LogP contribution in [0.5, 0.6) is 0 Å². The highest BCUT2D eigenvalue weighted by atomic mass is 16.5. The van der Waals surface area contributed by atoms with E-state index in [2.05, 4.69) is 10.1 Å². The second kappa shape index (κ2) is 6.80. The lowest BCUT2D eigenvalue weighted by Crippen LogP contribution is -2.10. The van der Waals surface area contributed by atoms with Gasteiger partial charge in [0.15, 0.2) is 0 Å². The van der Waals surface area contributed by atoms with Crippen LogP contribution in [0.25, 0.3) is 0 Å². The number of nitrogens with one attached hydrogen (secondary N) is 1. The molecule has 0 aromatic rings. The lowest BCUT2D eigenvalue weighted by molar-refractivity contribution is -0.137. The number of amides is 1. The van der Waals surface area contributed by atoms with Gasteiger partial charge in [0.25, 0.3) is 0 Å². The number of ether oxygens (including phenoxy) is 1. The fraction of sp³-hybridized carbons (Fsp3) is 0.429. The summed E-state index contributed by atoms with van der Waals surface area (Å²) in [6, 6.07) is 0. The molecule has 0 spiro atoms. The van der Waals surface area contributed by atoms with Crippen LogP contribution in [0.1, 0.15) is 6.92 Å². The van der Waals surface area contributed by atoms with E-state index in [4.69, 9.17) is 0 Å². The van der Waals surface area contributed by atoms with Crippen LogP contribution in [-0.4, -0.2) is 25.5 Å². The van der Waals surface area contributed by atoms with E-state index in [9.17, 15) is 9.59 Å². The normalized spacial score (nSPS) is 9.55. The minimum Gasteiger partial charge on any atom is -0.463 e. The van der Waals surface area contributed by atoms with E-state index in [1.165, 1.54) is 18.6 Å². The Morgan fingerprint density at radius 1 is 1.73 bits per heavy atom. The van der Waals surface area contributed by atoms with Gasteiger partial charge in [0.1, 0.15) is 0 Å². The summed E-state index contributed by atoms with van der Waals surface area (Å²) in [6.45, 7) is 2.38. The van der Waals surface area contributed by atoms with Crippen LogP contribution in [0.4, 0.5) is 0 Å². The summed E-state index contributed by atoms with van der Waals surface area (Å²) in [5.74, 6) is -0.403. The molecular weight excluding hydrogens is 146 g/mol. The molecule has 1 amide bonds. The minimum atomic E-state index is -0.403. The summed E-state index contributed by atoms with van der Waals surface area (Å²) in [5.41, 5.74) is 0. The molecule has 1 radical (unpaired) electrons. The highest BCUT2D eigenvalue weighted by Gasteiger charge is 1.90. The number of hydrogen-bond acceptors (Lipinski definition) is 3. The van der Waals surface area contributed by atoms with Gasteiger partial charge in [0.2, 0.25) is 0 Å². The molecule has 0 aromatic heterocycles. The van der Waals surface area contributed by atoms with Gasteiger partial charge in [-0.25, -0.2) is 4.79 Å². The van der Waals surface area contributed by atoms with Gasteiger partial charge in [0, 0.05) is 12.6 Å². The Kier molecular flexibility index (Phi) is 5.98. The summed E-state index contributed by atoms with van der Waals surface area (Å²) in [4.78, 5) is 20.2. The summed E-state index contributed by atoms with van der Waals surface area (Å²) in [5, 5.41) is 2.25. The molecule has 0 atom stereocenters. The number of hydrogen-bond donors (Lipinski definition) is 1. The van der Waals surface area contributed by atoms with Gasteiger partial charge >= 0.3 is 12.4 Å². The van der Waals surface area contributed by atoms with Crippen LogP contribution in [0.3, 0.4) is 0 Å². The molecule has 4 nitrogen and oxygen atoms in total. The Morgan fingerprint density at radius 3 is 3.00 bits per heavy atom. The predicted octanol–water partition coefficient (Wildman–Crippen LogP) is -0.237. The Hall–Kier alpha value is -1.32. The maximum Gasteiger partial charge on any atom is 0.330 e. The summed E-state index contributed by atoms with van der Waals surface area (Å²) < 4.78 is 4.57. The first-order valence-corrected chi connectivity index (χ1v) is 3.24. The molecular formula is C7H10NO3. The number of carbonyl (C=O) groups excluding carboxylic acids is 2. The second-order valence-electron chi connectivity index (χ2n) is 1.64. The third kappa shape index (κ3) is 6.57. The number of esters is 1. The molecule has 0 heterocycles. The van der Waals surface area contributed by atoms with Crippen LogP contribution >= 0.6 is 0 Å². The summed E-state index contributed by atoms with van der Waals surface area (Å²) in [7, 11) is 0. The Labute approximate surface area is 65.2 Å². The standard InChI is InChI=1S/C7H10NO3/c1-2-11-7(10)4-3-5-8-6-9/h3-4H,2,5H2,1H3,(H,8,9)/b4-3+. The molecule has 1 N–H and O–H groups in total. The van der Waals surface area contributed by atoms with Crippen molar-refractivity contribution in [1.82, 2.24) is 5.32 Å². The smallest absolute Gasteiger partial charge is 0.330 e. The first kappa shape index (κ1) is 9.68. The van der Waals surface area contributed by atoms with Gasteiger partial charge in [-0.2, -0.15) is 0 Å². The highest BCUT2D eigenvalue weighted by molar-refractivity contribution is 5.81. The topological polar surface area (TPSA) is 55.4 Å². The lowest BCUT2D eigenvalue weighted by Gasteiger charge is -1.93. The van der Waals surface area contributed by atoms with Gasteiger partial charge in [-0.3, -0.25) is 4.79 Å². The molecule has 61 valence electrons. The SMILES string of the molecule is CCOC(=O)/C=C/CN[C]=O. The average molecular weight is 156 g/mol. The number of carbonyl (C=O) groups is 1. The first-order valence-electron chi connectivity index (χ1n) is 3.24. The van der Waals surface area contributed by atoms with Crippen molar-refractivity contribution < 1.29 is 14.3 Å². The Morgan fingerprint density at radius 2 is 2.45 bits per heavy atom. The minimum absolute atomic E-state index is 0.294. The van der Waals surface area contributed by atoms with Crippen molar-refractivity contribution in [3.8, 4) is 0 Å². The molecule has 0 fully saturated rings. The van der Waals surface area contributed by atoms with Crippen molar-refractivity contribution >= 4 is 12.4 Å². The van der Waals surface area contributed by atoms with E-state index in [1.807, 2.05) is 0 Å². The monoisotopic (exact) mass is 156 g/mol. The average Bonchev–Trinajstić information content (AvgIpc) is 1.99. The van der Waals surface area contributed by atoms with Crippen molar-refractivity contribution in [2.24, 2.45) is 0 Å². The van der Waals surface area contributed by atoms with E-state index in [-0.39, 0.29) is 0 Å². The van der Waals surface area contributed by atoms with E-state index in [0.29, 0.717) is 13.2 Å². The quantitative estimate of drug-likeness (QED) is 0.259. The van der Waals surface area contributed by atoms with Crippen LogP contribution in [0.2, 0.25) is 0 Å². The van der Waals surface area contributed by atoms with Crippen molar-refractivity contribution in [3.05, 3.63) is 12.2 Å². The van der Waals surface area contributed by atoms with Crippen molar-refractivity contribution in [2.45, 2.75) is 6.92 Å². The fourth-order valence-electron chi connectivity index (χ4n) is 0.446. The molecule has 0 saturated heterocycles. The molecule has 0 aliphatic rings. The molecule has 4 heteroatoms. The van der Waals surface area contributed by atoms with E-state index in [1.54, 1.807) is 6.92 Å². The van der Waals surface area contributed by atoms with Gasteiger partial charge in [-0.1, -0.05) is 6.08 Å². The van der Waals surface area contributed by atoms with Crippen molar-refractivity contribution in [3.63, 3.8) is 0 Å². The molecule has 11 heavy (non-hydrogen) atoms. The number of rotatable bonds is 5. The van der Waals surface area contributed by atoms with Crippen LogP contribution in [-0.2, 0) is 14.3 Å². The maximum atomic E-state index is 10.6. The first-order chi connectivity index (χ1) is 5.31. The lowest BCUT2D eigenvalue weighted by atomic mass is 10.5. The van der Waals surface area contributed by atoms with Gasteiger partial charge in [-0.15, -0.1) is 0 Å². The highest BCUT2D eigenvalue weighted by Crippen LogP contribution is 1.79. The van der Waals surface area contributed by atoms with E-state index in [0.717, 1.165) is 0 Å². The van der Waals surface area contributed by atoms with Gasteiger partial charge in [0.05, 0.1) is 6.61 Å². The molecule has 0 aliphatic heterocycles. The molecule has 0 unspecified atom stereocenters. The van der Waals surface area contributed by atoms with E-state index < -0.39 is 5.97 Å². The third-order valence-corrected chi connectivity index (χ3v) is 0.833. The largest absolute Gasteiger partial charge is 0.463 e. The van der Waals surface area contributed by atoms with Crippen molar-refractivity contribution in [2.75, 3.05) is 13.2 Å². The molecule has 0 saturated carbocycles. The second-order valence-corrected chi connectivity index (χ2v) is 1.64. The summed E-state index contributed by atoms with van der Waals surface area (Å²) >= 11 is 0.